The first-order valence-corrected chi connectivity index (χ1v) is 8.84. The van der Waals surface area contributed by atoms with Crippen molar-refractivity contribution in [2.75, 3.05) is 6.61 Å². The summed E-state index contributed by atoms with van der Waals surface area (Å²) in [5.74, 6) is -0.676. The number of aliphatic carboxylic acids is 1. The molecule has 3 nitrogen and oxygen atoms in total. The van der Waals surface area contributed by atoms with E-state index in [9.17, 15) is 9.90 Å². The molecule has 0 aliphatic carbocycles. The average Bonchev–Trinajstić information content (AvgIpc) is 2.30. The average molecular weight is 216 g/mol. The van der Waals surface area contributed by atoms with Crippen molar-refractivity contribution in [1.29, 1.82) is 0 Å². The Morgan fingerprint density at radius 3 is 2.43 bits per heavy atom. The molecule has 1 aliphatic heterocycles. The number of ether oxygens (including phenoxy) is 1. The van der Waals surface area contributed by atoms with Crippen LogP contribution in [-0.4, -0.2) is 31.9 Å². The molecule has 1 rings (SSSR count). The minimum atomic E-state index is -1.36. The van der Waals surface area contributed by atoms with E-state index >= 15 is 0 Å². The molecule has 82 valence electrons. The Balaban J connectivity index is 2.88. The third kappa shape index (κ3) is 2.17. The molecule has 2 atom stereocenters. The Morgan fingerprint density at radius 1 is 1.57 bits per heavy atom. The first-order chi connectivity index (χ1) is 6.28. The van der Waals surface area contributed by atoms with Crippen LogP contribution in [0, 0.1) is 5.41 Å². The summed E-state index contributed by atoms with van der Waals surface area (Å²) >= 11 is 0. The normalized spacial score (nSPS) is 33.3. The van der Waals surface area contributed by atoms with Gasteiger partial charge in [-0.05, 0) is 19.4 Å². The lowest BCUT2D eigenvalue weighted by Crippen LogP contribution is -2.43. The van der Waals surface area contributed by atoms with Crippen molar-refractivity contribution in [3.63, 3.8) is 0 Å². The SMILES string of the molecule is CC1OCCC1(C[Si](C)(C)C)C(=O)O. The van der Waals surface area contributed by atoms with Gasteiger partial charge in [0, 0.05) is 14.7 Å². The molecule has 1 N–H and O–H groups in total. The van der Waals surface area contributed by atoms with Crippen LogP contribution < -0.4 is 0 Å². The smallest absolute Gasteiger partial charge is 0.312 e. The molecule has 0 bridgehead atoms. The van der Waals surface area contributed by atoms with Crippen molar-refractivity contribution in [2.45, 2.75) is 45.1 Å². The molecular weight excluding hydrogens is 196 g/mol. The Morgan fingerprint density at radius 2 is 2.14 bits per heavy atom. The topological polar surface area (TPSA) is 46.5 Å². The van der Waals surface area contributed by atoms with E-state index in [2.05, 4.69) is 19.6 Å². The summed E-state index contributed by atoms with van der Waals surface area (Å²) in [4.78, 5) is 11.4. The van der Waals surface area contributed by atoms with Crippen LogP contribution >= 0.6 is 0 Å². The summed E-state index contributed by atoms with van der Waals surface area (Å²) in [6, 6.07) is 0.816. The quantitative estimate of drug-likeness (QED) is 0.736. The standard InChI is InChI=1S/C10H20O3Si/c1-8-10(9(11)12,5-6-13-8)7-14(2,3)4/h8H,5-7H2,1-4H3,(H,11,12). The van der Waals surface area contributed by atoms with Gasteiger partial charge in [0.1, 0.15) is 0 Å². The van der Waals surface area contributed by atoms with Crippen molar-refractivity contribution in [3.05, 3.63) is 0 Å². The van der Waals surface area contributed by atoms with E-state index in [0.29, 0.717) is 13.0 Å². The van der Waals surface area contributed by atoms with Crippen LogP contribution in [0.1, 0.15) is 13.3 Å². The lowest BCUT2D eigenvalue weighted by molar-refractivity contribution is -0.150. The van der Waals surface area contributed by atoms with Crippen LogP contribution in [0.4, 0.5) is 0 Å². The fourth-order valence-electron chi connectivity index (χ4n) is 2.32. The fraction of sp³-hybridized carbons (Fsp3) is 0.900. The van der Waals surface area contributed by atoms with Crippen molar-refractivity contribution in [2.24, 2.45) is 5.41 Å². The van der Waals surface area contributed by atoms with Crippen LogP contribution in [0.15, 0.2) is 0 Å². The minimum Gasteiger partial charge on any atom is -0.481 e. The lowest BCUT2D eigenvalue weighted by atomic mass is 9.84. The maximum atomic E-state index is 11.4. The molecule has 1 fully saturated rings. The molecule has 4 heteroatoms. The predicted octanol–water partition coefficient (Wildman–Crippen LogP) is 2.20. The van der Waals surface area contributed by atoms with Crippen molar-refractivity contribution in [1.82, 2.24) is 0 Å². The monoisotopic (exact) mass is 216 g/mol. The van der Waals surface area contributed by atoms with Crippen LogP contribution in [0.3, 0.4) is 0 Å². The van der Waals surface area contributed by atoms with Crippen LogP contribution in [0.25, 0.3) is 0 Å². The number of hydrogen-bond acceptors (Lipinski definition) is 2. The van der Waals surface area contributed by atoms with Gasteiger partial charge in [0.2, 0.25) is 0 Å². The summed E-state index contributed by atoms with van der Waals surface area (Å²) < 4.78 is 5.42. The van der Waals surface area contributed by atoms with Gasteiger partial charge in [-0.2, -0.15) is 0 Å². The molecule has 1 heterocycles. The summed E-state index contributed by atoms with van der Waals surface area (Å²) in [7, 11) is -1.36. The Labute approximate surface area is 86.5 Å². The third-order valence-corrected chi connectivity index (χ3v) is 4.66. The van der Waals surface area contributed by atoms with Gasteiger partial charge >= 0.3 is 5.97 Å². The molecule has 1 saturated heterocycles. The second kappa shape index (κ2) is 3.66. The van der Waals surface area contributed by atoms with Gasteiger partial charge in [-0.15, -0.1) is 0 Å². The highest BCUT2D eigenvalue weighted by Gasteiger charge is 2.50. The zero-order chi connectivity index (χ0) is 11.0. The number of rotatable bonds is 3. The van der Waals surface area contributed by atoms with Crippen LogP contribution in [0.2, 0.25) is 25.7 Å². The van der Waals surface area contributed by atoms with Gasteiger partial charge in [-0.25, -0.2) is 0 Å². The fourth-order valence-corrected chi connectivity index (χ4v) is 4.82. The summed E-state index contributed by atoms with van der Waals surface area (Å²) in [5.41, 5.74) is -0.607. The van der Waals surface area contributed by atoms with Gasteiger partial charge < -0.3 is 9.84 Å². The Bertz CT molecular complexity index is 234. The second-order valence-corrected chi connectivity index (χ2v) is 10.9. The van der Waals surface area contributed by atoms with Crippen molar-refractivity contribution in [3.8, 4) is 0 Å². The first-order valence-electron chi connectivity index (χ1n) is 5.13. The van der Waals surface area contributed by atoms with Gasteiger partial charge in [0.15, 0.2) is 0 Å². The molecule has 2 unspecified atom stereocenters. The summed E-state index contributed by atoms with van der Waals surface area (Å²) in [6.07, 6.45) is 0.542. The second-order valence-electron chi connectivity index (χ2n) is 5.46. The summed E-state index contributed by atoms with van der Waals surface area (Å²) in [5, 5.41) is 9.34. The molecule has 1 aliphatic rings. The van der Waals surface area contributed by atoms with E-state index in [0.717, 1.165) is 6.04 Å². The van der Waals surface area contributed by atoms with E-state index in [1.54, 1.807) is 0 Å². The van der Waals surface area contributed by atoms with E-state index in [-0.39, 0.29) is 6.10 Å². The molecule has 0 aromatic carbocycles. The maximum Gasteiger partial charge on any atom is 0.312 e. The van der Waals surface area contributed by atoms with E-state index in [4.69, 9.17) is 4.74 Å². The third-order valence-electron chi connectivity index (χ3n) is 2.97. The molecular formula is C10H20O3Si. The van der Waals surface area contributed by atoms with E-state index < -0.39 is 19.5 Å². The van der Waals surface area contributed by atoms with Crippen molar-refractivity contribution < 1.29 is 14.6 Å². The summed E-state index contributed by atoms with van der Waals surface area (Å²) in [6.45, 7) is 9.12. The molecule has 0 aromatic heterocycles. The van der Waals surface area contributed by atoms with Crippen LogP contribution in [0.5, 0.6) is 0 Å². The highest BCUT2D eigenvalue weighted by atomic mass is 28.3. The number of carboxylic acids is 1. The van der Waals surface area contributed by atoms with Gasteiger partial charge in [-0.3, -0.25) is 4.79 Å². The molecule has 0 aromatic rings. The van der Waals surface area contributed by atoms with Gasteiger partial charge in [0.25, 0.3) is 0 Å². The van der Waals surface area contributed by atoms with Gasteiger partial charge in [-0.1, -0.05) is 19.6 Å². The van der Waals surface area contributed by atoms with Gasteiger partial charge in [0.05, 0.1) is 11.5 Å². The molecule has 0 radical (unpaired) electrons. The lowest BCUT2D eigenvalue weighted by Gasteiger charge is -2.32. The predicted molar refractivity (Wildman–Crippen MR) is 58.3 cm³/mol. The van der Waals surface area contributed by atoms with E-state index in [1.807, 2.05) is 6.92 Å². The Kier molecular flexibility index (Phi) is 3.06. The minimum absolute atomic E-state index is 0.133. The maximum absolute atomic E-state index is 11.4. The highest BCUT2D eigenvalue weighted by Crippen LogP contribution is 2.42. The zero-order valence-corrected chi connectivity index (χ0v) is 10.5. The molecule has 0 saturated carbocycles. The zero-order valence-electron chi connectivity index (χ0n) is 9.46. The Hall–Kier alpha value is -0.353. The highest BCUT2D eigenvalue weighted by molar-refractivity contribution is 6.76. The van der Waals surface area contributed by atoms with E-state index in [1.165, 1.54) is 0 Å². The molecule has 0 spiro atoms. The first kappa shape index (κ1) is 11.7. The van der Waals surface area contributed by atoms with Crippen molar-refractivity contribution >= 4 is 14.0 Å². The number of hydrogen-bond donors (Lipinski definition) is 1. The molecule has 14 heavy (non-hydrogen) atoms. The van der Waals surface area contributed by atoms with Crippen LogP contribution in [-0.2, 0) is 9.53 Å². The largest absolute Gasteiger partial charge is 0.481 e. The number of carbonyl (C=O) groups is 1. The number of carboxylic acid groups (broad SMARTS) is 1. The molecule has 0 amide bonds.